The van der Waals surface area contributed by atoms with Gasteiger partial charge in [0.25, 0.3) is 0 Å². The zero-order valence-corrected chi connectivity index (χ0v) is 19.1. The van der Waals surface area contributed by atoms with Crippen LogP contribution < -0.4 is 20.7 Å². The number of alkyl halides is 3. The molecule has 2 amide bonds. The maximum Gasteiger partial charge on any atom is 0.418 e. The summed E-state index contributed by atoms with van der Waals surface area (Å²) in [5.74, 6) is -2.00. The Morgan fingerprint density at radius 2 is 1.76 bits per heavy atom. The van der Waals surface area contributed by atoms with E-state index in [4.69, 9.17) is 4.74 Å². The molecule has 2 heterocycles. The molecule has 1 saturated carbocycles. The van der Waals surface area contributed by atoms with Gasteiger partial charge in [-0.2, -0.15) is 13.2 Å². The van der Waals surface area contributed by atoms with Gasteiger partial charge >= 0.3 is 12.3 Å². The lowest BCUT2D eigenvalue weighted by Crippen LogP contribution is -2.49. The smallest absolute Gasteiger partial charge is 0.407 e. The van der Waals surface area contributed by atoms with E-state index >= 15 is 0 Å². The molecule has 3 N–H and O–H groups in total. The van der Waals surface area contributed by atoms with Gasteiger partial charge in [-0.25, -0.2) is 23.5 Å². The van der Waals surface area contributed by atoms with Gasteiger partial charge in [-0.15, -0.1) is 0 Å². The fourth-order valence-electron chi connectivity index (χ4n) is 3.31. The first kappa shape index (κ1) is 25.7. The van der Waals surface area contributed by atoms with Gasteiger partial charge in [-0.1, -0.05) is 0 Å². The number of rotatable bonds is 7. The first-order valence-electron chi connectivity index (χ1n) is 10.8. The number of nitrogens with zero attached hydrogens (tertiary/aromatic N) is 3. The minimum absolute atomic E-state index is 0.0854. The molecule has 2 aromatic heterocycles. The highest BCUT2D eigenvalue weighted by Crippen LogP contribution is 2.37. The molecule has 1 aromatic carbocycles. The van der Waals surface area contributed by atoms with E-state index in [1.165, 1.54) is 12.4 Å². The van der Waals surface area contributed by atoms with Crippen LogP contribution in [0.2, 0.25) is 0 Å². The van der Waals surface area contributed by atoms with E-state index in [0.29, 0.717) is 24.7 Å². The average Bonchev–Trinajstić information content (AvgIpc) is 3.61. The Bertz CT molecular complexity index is 1330. The van der Waals surface area contributed by atoms with Crippen LogP contribution in [0.3, 0.4) is 0 Å². The number of anilines is 2. The summed E-state index contributed by atoms with van der Waals surface area (Å²) in [6, 6.07) is 2.92. The number of hydrogen-bond donors (Lipinski definition) is 3. The largest absolute Gasteiger partial charge is 0.418 e. The third-order valence-electron chi connectivity index (χ3n) is 5.39. The SMILES string of the molecule is Cc1ncc(OC(=O)NC2(C(=O)NCc3ncc(Nc4ccc(F)cc4C(F)(F)F)cc3F)CC2)cn1. The number of ether oxygens (including phenoxy) is 1. The Hall–Kier alpha value is -4.36. The molecule has 0 spiro atoms. The number of aryl methyl sites for hydroxylation is 1. The van der Waals surface area contributed by atoms with Gasteiger partial charge in [0.05, 0.1) is 47.8 Å². The number of amides is 2. The molecule has 37 heavy (non-hydrogen) atoms. The van der Waals surface area contributed by atoms with E-state index in [1.807, 2.05) is 0 Å². The van der Waals surface area contributed by atoms with Crippen molar-refractivity contribution in [1.29, 1.82) is 0 Å². The molecule has 4 rings (SSSR count). The summed E-state index contributed by atoms with van der Waals surface area (Å²) in [6.07, 6.45) is -1.40. The summed E-state index contributed by atoms with van der Waals surface area (Å²) >= 11 is 0. The second-order valence-corrected chi connectivity index (χ2v) is 8.21. The Morgan fingerprint density at radius 1 is 1.05 bits per heavy atom. The third-order valence-corrected chi connectivity index (χ3v) is 5.39. The summed E-state index contributed by atoms with van der Waals surface area (Å²) in [5.41, 5.74) is -3.28. The van der Waals surface area contributed by atoms with Crippen molar-refractivity contribution in [3.63, 3.8) is 0 Å². The predicted octanol–water partition coefficient (Wildman–Crippen LogP) is 4.16. The molecule has 1 aliphatic rings. The van der Waals surface area contributed by atoms with Crippen LogP contribution >= 0.6 is 0 Å². The molecular formula is C23H19F5N6O3. The van der Waals surface area contributed by atoms with Crippen LogP contribution in [-0.2, 0) is 17.5 Å². The molecule has 0 radical (unpaired) electrons. The number of carbonyl (C=O) groups is 2. The molecule has 9 nitrogen and oxygen atoms in total. The summed E-state index contributed by atoms with van der Waals surface area (Å²) in [4.78, 5) is 36.4. The number of benzene rings is 1. The molecule has 1 aliphatic carbocycles. The number of pyridine rings is 1. The lowest BCUT2D eigenvalue weighted by atomic mass is 10.1. The standard InChI is InChI=1S/C23H19F5N6O3/c1-12-29-9-15(10-30-12)37-21(36)34-22(4-5-22)20(35)32-11-19-17(25)7-14(8-31-19)33-18-3-2-13(24)6-16(18)23(26,27)28/h2-3,6-10,33H,4-5,11H2,1H3,(H,32,35)(H,34,36). The topological polar surface area (TPSA) is 118 Å². The zero-order valence-electron chi connectivity index (χ0n) is 19.1. The lowest BCUT2D eigenvalue weighted by Gasteiger charge is -2.17. The maximum absolute atomic E-state index is 14.6. The van der Waals surface area contributed by atoms with Gasteiger partial charge in [0, 0.05) is 6.07 Å². The van der Waals surface area contributed by atoms with Crippen molar-refractivity contribution in [2.24, 2.45) is 0 Å². The van der Waals surface area contributed by atoms with Gasteiger partial charge in [0.15, 0.2) is 5.75 Å². The van der Waals surface area contributed by atoms with Gasteiger partial charge in [-0.05, 0) is 38.0 Å². The summed E-state index contributed by atoms with van der Waals surface area (Å²) in [6.45, 7) is 1.31. The van der Waals surface area contributed by atoms with Crippen molar-refractivity contribution < 1.29 is 36.3 Å². The molecule has 14 heteroatoms. The van der Waals surface area contributed by atoms with Gasteiger partial charge < -0.3 is 20.7 Å². The Morgan fingerprint density at radius 3 is 2.38 bits per heavy atom. The van der Waals surface area contributed by atoms with E-state index in [-0.39, 0.29) is 23.7 Å². The summed E-state index contributed by atoms with van der Waals surface area (Å²) < 4.78 is 72.4. The van der Waals surface area contributed by atoms with Crippen LogP contribution in [0.4, 0.5) is 38.1 Å². The number of hydrogen-bond acceptors (Lipinski definition) is 7. The number of carbonyl (C=O) groups excluding carboxylic acids is 2. The van der Waals surface area contributed by atoms with E-state index in [2.05, 4.69) is 30.9 Å². The normalized spacial score (nSPS) is 14.0. The Balaban J connectivity index is 1.35. The second-order valence-electron chi connectivity index (χ2n) is 8.21. The van der Waals surface area contributed by atoms with E-state index in [0.717, 1.165) is 24.4 Å². The summed E-state index contributed by atoms with van der Waals surface area (Å²) in [5, 5.41) is 7.32. The molecule has 0 unspecified atom stereocenters. The highest BCUT2D eigenvalue weighted by molar-refractivity contribution is 5.93. The molecular weight excluding hydrogens is 503 g/mol. The van der Waals surface area contributed by atoms with Gasteiger partial charge in [-0.3, -0.25) is 9.78 Å². The highest BCUT2D eigenvalue weighted by atomic mass is 19.4. The quantitative estimate of drug-likeness (QED) is 0.399. The van der Waals surface area contributed by atoms with Crippen LogP contribution in [0.25, 0.3) is 0 Å². The van der Waals surface area contributed by atoms with Crippen molar-refractivity contribution in [1.82, 2.24) is 25.6 Å². The van der Waals surface area contributed by atoms with Gasteiger partial charge in [0.2, 0.25) is 5.91 Å². The zero-order chi connectivity index (χ0) is 26.8. The van der Waals surface area contributed by atoms with Crippen molar-refractivity contribution in [2.45, 2.75) is 38.0 Å². The fourth-order valence-corrected chi connectivity index (χ4v) is 3.31. The molecule has 0 saturated heterocycles. The Kier molecular flexibility index (Phi) is 6.92. The predicted molar refractivity (Wildman–Crippen MR) is 119 cm³/mol. The average molecular weight is 522 g/mol. The number of nitrogens with one attached hydrogen (secondary N) is 3. The number of aromatic nitrogens is 3. The third kappa shape index (κ3) is 6.26. The summed E-state index contributed by atoms with van der Waals surface area (Å²) in [7, 11) is 0. The molecule has 3 aromatic rings. The van der Waals surface area contributed by atoms with Crippen LogP contribution in [0.15, 0.2) is 42.9 Å². The van der Waals surface area contributed by atoms with Crippen LogP contribution in [0.1, 0.15) is 29.9 Å². The fraction of sp³-hybridized carbons (Fsp3) is 0.261. The van der Waals surface area contributed by atoms with Crippen molar-refractivity contribution in [2.75, 3.05) is 5.32 Å². The minimum Gasteiger partial charge on any atom is -0.407 e. The Labute approximate surface area is 206 Å². The molecule has 0 aliphatic heterocycles. The van der Waals surface area contributed by atoms with Crippen molar-refractivity contribution in [3.05, 3.63) is 71.6 Å². The highest BCUT2D eigenvalue weighted by Gasteiger charge is 2.51. The minimum atomic E-state index is -4.84. The maximum atomic E-state index is 14.6. The second kappa shape index (κ2) is 9.95. The first-order chi connectivity index (χ1) is 17.4. The van der Waals surface area contributed by atoms with Crippen LogP contribution in [0.5, 0.6) is 5.75 Å². The molecule has 0 bridgehead atoms. The van der Waals surface area contributed by atoms with E-state index in [1.54, 1.807) is 6.92 Å². The monoisotopic (exact) mass is 522 g/mol. The molecule has 1 fully saturated rings. The van der Waals surface area contributed by atoms with Crippen molar-refractivity contribution in [3.8, 4) is 5.75 Å². The van der Waals surface area contributed by atoms with Crippen LogP contribution in [-0.4, -0.2) is 32.5 Å². The first-order valence-corrected chi connectivity index (χ1v) is 10.8. The van der Waals surface area contributed by atoms with E-state index in [9.17, 15) is 31.5 Å². The van der Waals surface area contributed by atoms with Gasteiger partial charge in [0.1, 0.15) is 23.0 Å². The number of halogens is 5. The van der Waals surface area contributed by atoms with Crippen molar-refractivity contribution >= 4 is 23.4 Å². The molecule has 194 valence electrons. The molecule has 0 atom stereocenters. The van der Waals surface area contributed by atoms with E-state index < -0.39 is 46.6 Å². The van der Waals surface area contributed by atoms with Crippen LogP contribution in [0, 0.1) is 18.6 Å². The lowest BCUT2D eigenvalue weighted by molar-refractivity contribution is -0.137.